The smallest absolute Gasteiger partial charge is 0.0112 e. The molecule has 1 aromatic rings. The molecule has 1 N–H and O–H groups in total. The van der Waals surface area contributed by atoms with Crippen LogP contribution in [-0.4, -0.2) is 36.6 Å². The molecule has 1 aromatic heterocycles. The van der Waals surface area contributed by atoms with Gasteiger partial charge in [0.25, 0.3) is 0 Å². The molecule has 0 bridgehead atoms. The van der Waals surface area contributed by atoms with Crippen LogP contribution in [0.4, 0.5) is 0 Å². The van der Waals surface area contributed by atoms with E-state index in [0.717, 1.165) is 13.1 Å². The number of thiophene rings is 1. The van der Waals surface area contributed by atoms with Gasteiger partial charge in [-0.15, -0.1) is 11.3 Å². The maximum atomic E-state index is 3.54. The van der Waals surface area contributed by atoms with Gasteiger partial charge in [0, 0.05) is 16.5 Å². The van der Waals surface area contributed by atoms with Gasteiger partial charge in [0.05, 0.1) is 0 Å². The Kier molecular flexibility index (Phi) is 6.33. The average molecular weight is 268 g/mol. The van der Waals surface area contributed by atoms with Gasteiger partial charge in [-0.05, 0) is 72.1 Å². The molecule has 0 spiro atoms. The van der Waals surface area contributed by atoms with Crippen LogP contribution in [0.1, 0.15) is 39.0 Å². The van der Waals surface area contributed by atoms with E-state index in [1.807, 2.05) is 11.3 Å². The van der Waals surface area contributed by atoms with Crippen LogP contribution >= 0.6 is 11.3 Å². The van der Waals surface area contributed by atoms with Gasteiger partial charge in [0.1, 0.15) is 0 Å². The normalized spacial score (nSPS) is 14.1. The first kappa shape index (κ1) is 15.7. The number of rotatable bonds is 7. The van der Waals surface area contributed by atoms with Crippen molar-refractivity contribution in [3.8, 4) is 0 Å². The zero-order chi connectivity index (χ0) is 13.6. The summed E-state index contributed by atoms with van der Waals surface area (Å²) < 4.78 is 0. The van der Waals surface area contributed by atoms with Gasteiger partial charge in [-0.3, -0.25) is 0 Å². The molecule has 0 amide bonds. The van der Waals surface area contributed by atoms with Crippen molar-refractivity contribution in [1.82, 2.24) is 10.2 Å². The molecule has 2 nitrogen and oxygen atoms in total. The van der Waals surface area contributed by atoms with E-state index in [4.69, 9.17) is 0 Å². The Balaban J connectivity index is 2.18. The summed E-state index contributed by atoms with van der Waals surface area (Å²) in [6, 6.07) is 4.99. The van der Waals surface area contributed by atoms with Crippen molar-refractivity contribution in [3.63, 3.8) is 0 Å². The summed E-state index contributed by atoms with van der Waals surface area (Å²) in [5.74, 6) is 0. The Morgan fingerprint density at radius 3 is 2.67 bits per heavy atom. The van der Waals surface area contributed by atoms with Gasteiger partial charge >= 0.3 is 0 Å². The molecule has 0 radical (unpaired) electrons. The zero-order valence-electron chi connectivity index (χ0n) is 12.5. The van der Waals surface area contributed by atoms with E-state index in [-0.39, 0.29) is 5.54 Å². The summed E-state index contributed by atoms with van der Waals surface area (Å²) in [6.07, 6.45) is 2.38. The van der Waals surface area contributed by atoms with Crippen LogP contribution in [0.15, 0.2) is 17.5 Å². The first-order valence-corrected chi connectivity index (χ1v) is 7.74. The molecule has 104 valence electrons. The van der Waals surface area contributed by atoms with E-state index in [1.165, 1.54) is 17.7 Å². The molecule has 0 aromatic carbocycles. The zero-order valence-corrected chi connectivity index (χ0v) is 13.3. The fraction of sp³-hybridized carbons (Fsp3) is 0.733. The molecular formula is C15H28N2S. The third-order valence-electron chi connectivity index (χ3n) is 3.17. The molecule has 1 unspecified atom stereocenters. The van der Waals surface area contributed by atoms with Crippen LogP contribution in [-0.2, 0) is 6.42 Å². The van der Waals surface area contributed by atoms with E-state index in [1.54, 1.807) is 0 Å². The molecule has 1 heterocycles. The molecule has 0 aliphatic rings. The highest BCUT2D eigenvalue weighted by Gasteiger charge is 2.11. The second kappa shape index (κ2) is 7.27. The van der Waals surface area contributed by atoms with Crippen LogP contribution in [0, 0.1) is 0 Å². The molecule has 0 aliphatic carbocycles. The van der Waals surface area contributed by atoms with Crippen LogP contribution in [0.25, 0.3) is 0 Å². The minimum Gasteiger partial charge on any atom is -0.312 e. The minimum atomic E-state index is 0.237. The SMILES string of the molecule is CC(Cc1cccs1)N(C)CCCNC(C)(C)C. The standard InChI is InChI=1S/C15H28N2S/c1-13(12-14-8-6-11-18-14)17(5)10-7-9-16-15(2,3)4/h6,8,11,13,16H,7,9-10,12H2,1-5H3. The Hall–Kier alpha value is -0.380. The quantitative estimate of drug-likeness (QED) is 0.763. The molecule has 0 saturated heterocycles. The van der Waals surface area contributed by atoms with Crippen molar-refractivity contribution in [1.29, 1.82) is 0 Å². The molecule has 1 atom stereocenters. The summed E-state index contributed by atoms with van der Waals surface area (Å²) in [7, 11) is 2.23. The van der Waals surface area contributed by atoms with E-state index in [2.05, 4.69) is 62.5 Å². The van der Waals surface area contributed by atoms with Gasteiger partial charge in [-0.2, -0.15) is 0 Å². The molecular weight excluding hydrogens is 240 g/mol. The summed E-state index contributed by atoms with van der Waals surface area (Å²) >= 11 is 1.86. The summed E-state index contributed by atoms with van der Waals surface area (Å²) in [4.78, 5) is 3.95. The lowest BCUT2D eigenvalue weighted by Crippen LogP contribution is -2.38. The summed E-state index contributed by atoms with van der Waals surface area (Å²) in [6.45, 7) is 11.2. The molecule has 18 heavy (non-hydrogen) atoms. The second-order valence-corrected chi connectivity index (χ2v) is 7.18. The third kappa shape index (κ3) is 6.53. The van der Waals surface area contributed by atoms with Gasteiger partial charge in [-0.25, -0.2) is 0 Å². The average Bonchev–Trinajstić information content (AvgIpc) is 2.75. The van der Waals surface area contributed by atoms with Crippen LogP contribution < -0.4 is 5.32 Å². The predicted octanol–water partition coefficient (Wildman–Crippen LogP) is 3.39. The second-order valence-electron chi connectivity index (χ2n) is 6.14. The van der Waals surface area contributed by atoms with Gasteiger partial charge < -0.3 is 10.2 Å². The summed E-state index contributed by atoms with van der Waals surface area (Å²) in [5.41, 5.74) is 0.237. The molecule has 1 rings (SSSR count). The molecule has 0 aliphatic heterocycles. The highest BCUT2D eigenvalue weighted by molar-refractivity contribution is 7.09. The van der Waals surface area contributed by atoms with Crippen LogP contribution in [0.3, 0.4) is 0 Å². The van der Waals surface area contributed by atoms with Crippen molar-refractivity contribution in [3.05, 3.63) is 22.4 Å². The van der Waals surface area contributed by atoms with E-state index >= 15 is 0 Å². The largest absolute Gasteiger partial charge is 0.312 e. The van der Waals surface area contributed by atoms with Crippen LogP contribution in [0.2, 0.25) is 0 Å². The number of nitrogens with one attached hydrogen (secondary N) is 1. The van der Waals surface area contributed by atoms with E-state index in [9.17, 15) is 0 Å². The van der Waals surface area contributed by atoms with Gasteiger partial charge in [0.15, 0.2) is 0 Å². The first-order chi connectivity index (χ1) is 8.38. The van der Waals surface area contributed by atoms with Crippen LogP contribution in [0.5, 0.6) is 0 Å². The van der Waals surface area contributed by atoms with Crippen molar-refractivity contribution in [2.24, 2.45) is 0 Å². The lowest BCUT2D eigenvalue weighted by Gasteiger charge is -2.26. The van der Waals surface area contributed by atoms with Crippen molar-refractivity contribution >= 4 is 11.3 Å². The van der Waals surface area contributed by atoms with E-state index in [0.29, 0.717) is 6.04 Å². The minimum absolute atomic E-state index is 0.237. The first-order valence-electron chi connectivity index (χ1n) is 6.86. The number of hydrogen-bond donors (Lipinski definition) is 1. The lowest BCUT2D eigenvalue weighted by molar-refractivity contribution is 0.249. The predicted molar refractivity (Wildman–Crippen MR) is 82.5 cm³/mol. The number of likely N-dealkylation sites (N-methyl/N-ethyl adjacent to an activating group) is 1. The Bertz CT molecular complexity index is 314. The lowest BCUT2D eigenvalue weighted by atomic mass is 10.1. The van der Waals surface area contributed by atoms with Gasteiger partial charge in [-0.1, -0.05) is 6.07 Å². The highest BCUT2D eigenvalue weighted by Crippen LogP contribution is 2.13. The van der Waals surface area contributed by atoms with Crippen molar-refractivity contribution < 1.29 is 0 Å². The topological polar surface area (TPSA) is 15.3 Å². The van der Waals surface area contributed by atoms with Crippen molar-refractivity contribution in [2.45, 2.75) is 52.1 Å². The molecule has 0 fully saturated rings. The molecule has 3 heteroatoms. The van der Waals surface area contributed by atoms with Crippen molar-refractivity contribution in [2.75, 3.05) is 20.1 Å². The maximum Gasteiger partial charge on any atom is 0.0112 e. The van der Waals surface area contributed by atoms with Gasteiger partial charge in [0.2, 0.25) is 0 Å². The monoisotopic (exact) mass is 268 g/mol. The summed E-state index contributed by atoms with van der Waals surface area (Å²) in [5, 5.41) is 5.70. The molecule has 0 saturated carbocycles. The number of hydrogen-bond acceptors (Lipinski definition) is 3. The maximum absolute atomic E-state index is 3.54. The Labute approximate surface area is 116 Å². The highest BCUT2D eigenvalue weighted by atomic mass is 32.1. The van der Waals surface area contributed by atoms with E-state index < -0.39 is 0 Å². The third-order valence-corrected chi connectivity index (χ3v) is 4.07. The fourth-order valence-electron chi connectivity index (χ4n) is 1.89. The Morgan fingerprint density at radius 1 is 1.39 bits per heavy atom. The Morgan fingerprint density at radius 2 is 2.11 bits per heavy atom. The fourth-order valence-corrected chi connectivity index (χ4v) is 2.71. The number of nitrogens with zero attached hydrogens (tertiary/aromatic N) is 1.